The molecule has 0 radical (unpaired) electrons. The van der Waals surface area contributed by atoms with Gasteiger partial charge in [0.15, 0.2) is 0 Å². The van der Waals surface area contributed by atoms with Crippen LogP contribution in [0.25, 0.3) is 0 Å². The Balaban J connectivity index is 1.66. The fraction of sp³-hybridized carbons (Fsp3) is 0.824. The first-order valence-electron chi connectivity index (χ1n) is 8.43. The van der Waals surface area contributed by atoms with Crippen molar-refractivity contribution >= 4 is 11.3 Å². The Bertz CT molecular complexity index is 484. The van der Waals surface area contributed by atoms with Crippen LogP contribution in [0.2, 0.25) is 0 Å². The number of nitrogens with zero attached hydrogens (tertiary/aromatic N) is 1. The van der Waals surface area contributed by atoms with Gasteiger partial charge < -0.3 is 5.32 Å². The van der Waals surface area contributed by atoms with Crippen molar-refractivity contribution in [3.8, 4) is 0 Å². The summed E-state index contributed by atoms with van der Waals surface area (Å²) < 4.78 is 0. The van der Waals surface area contributed by atoms with Crippen molar-refractivity contribution in [3.63, 3.8) is 0 Å². The number of nitrogens with one attached hydrogen (secondary N) is 1. The van der Waals surface area contributed by atoms with Gasteiger partial charge in [-0.15, -0.1) is 11.3 Å². The number of hydrogen-bond donors (Lipinski definition) is 1. The highest BCUT2D eigenvalue weighted by Gasteiger charge is 2.44. The number of aromatic nitrogens is 1. The maximum absolute atomic E-state index is 5.08. The molecule has 0 aliphatic heterocycles. The fourth-order valence-corrected chi connectivity index (χ4v) is 5.35. The molecule has 0 bridgehead atoms. The topological polar surface area (TPSA) is 24.9 Å². The van der Waals surface area contributed by atoms with Crippen LogP contribution in [0.4, 0.5) is 0 Å². The van der Waals surface area contributed by atoms with Crippen LogP contribution in [-0.4, -0.2) is 11.0 Å². The molecule has 3 heteroatoms. The minimum absolute atomic E-state index is 0.210. The van der Waals surface area contributed by atoms with E-state index in [1.54, 1.807) is 4.88 Å². The molecule has 110 valence electrons. The van der Waals surface area contributed by atoms with Crippen LogP contribution in [0, 0.1) is 11.8 Å². The summed E-state index contributed by atoms with van der Waals surface area (Å²) in [5.74, 6) is 1.68. The quantitative estimate of drug-likeness (QED) is 0.909. The van der Waals surface area contributed by atoms with Crippen molar-refractivity contribution in [1.29, 1.82) is 0 Å². The molecule has 3 atom stereocenters. The predicted octanol–water partition coefficient (Wildman–Crippen LogP) is 4.04. The first kappa shape index (κ1) is 13.3. The molecule has 3 unspecified atom stereocenters. The van der Waals surface area contributed by atoms with Crippen molar-refractivity contribution in [2.24, 2.45) is 11.8 Å². The van der Waals surface area contributed by atoms with E-state index >= 15 is 0 Å². The molecule has 0 spiro atoms. The summed E-state index contributed by atoms with van der Waals surface area (Å²) in [6, 6.07) is 0.773. The SMILES string of the molecule is CC1CCC(NC2CC2)(c2nc3c(s2)CCC3)CC1C. The maximum atomic E-state index is 5.08. The van der Waals surface area contributed by atoms with E-state index in [1.807, 2.05) is 11.3 Å². The van der Waals surface area contributed by atoms with Gasteiger partial charge >= 0.3 is 0 Å². The summed E-state index contributed by atoms with van der Waals surface area (Å²) >= 11 is 2.03. The Morgan fingerprint density at radius 1 is 1.15 bits per heavy atom. The zero-order valence-corrected chi connectivity index (χ0v) is 13.6. The van der Waals surface area contributed by atoms with Gasteiger partial charge in [-0.2, -0.15) is 0 Å². The Kier molecular flexibility index (Phi) is 3.19. The lowest BCUT2D eigenvalue weighted by Gasteiger charge is -2.42. The zero-order valence-electron chi connectivity index (χ0n) is 12.7. The molecule has 3 aliphatic rings. The summed E-state index contributed by atoms with van der Waals surface area (Å²) in [7, 11) is 0. The van der Waals surface area contributed by atoms with E-state index in [1.165, 1.54) is 62.1 Å². The highest BCUT2D eigenvalue weighted by molar-refractivity contribution is 7.12. The molecule has 2 fully saturated rings. The Labute approximate surface area is 126 Å². The van der Waals surface area contributed by atoms with E-state index in [0.717, 1.165) is 17.9 Å². The van der Waals surface area contributed by atoms with Crippen LogP contribution >= 0.6 is 11.3 Å². The second-order valence-corrected chi connectivity index (χ2v) is 8.52. The molecule has 1 aromatic heterocycles. The van der Waals surface area contributed by atoms with E-state index in [9.17, 15) is 0 Å². The van der Waals surface area contributed by atoms with Crippen molar-refractivity contribution in [1.82, 2.24) is 10.3 Å². The molecule has 20 heavy (non-hydrogen) atoms. The molecule has 0 saturated heterocycles. The molecular weight excluding hydrogens is 264 g/mol. The summed E-state index contributed by atoms with van der Waals surface area (Å²) in [4.78, 5) is 6.67. The second kappa shape index (κ2) is 4.81. The lowest BCUT2D eigenvalue weighted by Crippen LogP contribution is -2.48. The minimum Gasteiger partial charge on any atom is -0.303 e. The van der Waals surface area contributed by atoms with Crippen LogP contribution in [0.5, 0.6) is 0 Å². The molecule has 1 heterocycles. The average Bonchev–Trinajstić information content (AvgIpc) is 2.96. The van der Waals surface area contributed by atoms with Gasteiger partial charge in [-0.05, 0) is 63.2 Å². The number of thiazole rings is 1. The maximum Gasteiger partial charge on any atom is 0.113 e. The third kappa shape index (κ3) is 2.23. The highest BCUT2D eigenvalue weighted by atomic mass is 32.1. The van der Waals surface area contributed by atoms with E-state index in [2.05, 4.69) is 19.2 Å². The van der Waals surface area contributed by atoms with E-state index < -0.39 is 0 Å². The standard InChI is InChI=1S/C17H26N2S/c1-11-8-9-17(10-12(11)2,19-13-6-7-13)16-18-14-4-3-5-15(14)20-16/h11-13,19H,3-10H2,1-2H3. The van der Waals surface area contributed by atoms with Crippen molar-refractivity contribution in [3.05, 3.63) is 15.6 Å². The largest absolute Gasteiger partial charge is 0.303 e. The molecule has 1 aromatic rings. The fourth-order valence-electron chi connectivity index (χ4n) is 4.01. The molecule has 0 aromatic carbocycles. The van der Waals surface area contributed by atoms with Gasteiger partial charge in [0.05, 0.1) is 11.2 Å². The van der Waals surface area contributed by atoms with Gasteiger partial charge in [0.2, 0.25) is 0 Å². The summed E-state index contributed by atoms with van der Waals surface area (Å²) in [6.45, 7) is 4.86. The first-order valence-corrected chi connectivity index (χ1v) is 9.25. The lowest BCUT2D eigenvalue weighted by atomic mass is 9.71. The lowest BCUT2D eigenvalue weighted by molar-refractivity contribution is 0.138. The number of hydrogen-bond acceptors (Lipinski definition) is 3. The van der Waals surface area contributed by atoms with Gasteiger partial charge in [-0.1, -0.05) is 13.8 Å². The van der Waals surface area contributed by atoms with Crippen molar-refractivity contribution in [2.75, 3.05) is 0 Å². The third-order valence-corrected chi connectivity index (χ3v) is 7.09. The van der Waals surface area contributed by atoms with Crippen LogP contribution in [-0.2, 0) is 18.4 Å². The molecule has 3 aliphatic carbocycles. The highest BCUT2D eigenvalue weighted by Crippen LogP contribution is 2.46. The molecule has 0 amide bonds. The summed E-state index contributed by atoms with van der Waals surface area (Å²) in [5, 5.41) is 5.43. The number of aryl methyl sites for hydroxylation is 2. The second-order valence-electron chi connectivity index (χ2n) is 7.44. The first-order chi connectivity index (χ1) is 9.66. The third-order valence-electron chi connectivity index (χ3n) is 5.73. The monoisotopic (exact) mass is 290 g/mol. The van der Waals surface area contributed by atoms with E-state index in [0.29, 0.717) is 0 Å². The molecule has 4 rings (SSSR count). The van der Waals surface area contributed by atoms with E-state index in [4.69, 9.17) is 4.98 Å². The Morgan fingerprint density at radius 2 is 2.00 bits per heavy atom. The van der Waals surface area contributed by atoms with Gasteiger partial charge in [0.25, 0.3) is 0 Å². The van der Waals surface area contributed by atoms with Crippen LogP contribution in [0.15, 0.2) is 0 Å². The minimum atomic E-state index is 0.210. The number of fused-ring (bicyclic) bond motifs is 1. The van der Waals surface area contributed by atoms with Gasteiger partial charge in [-0.25, -0.2) is 4.98 Å². The average molecular weight is 290 g/mol. The van der Waals surface area contributed by atoms with Crippen LogP contribution in [0.3, 0.4) is 0 Å². The number of rotatable bonds is 3. The molecule has 2 nitrogen and oxygen atoms in total. The van der Waals surface area contributed by atoms with Gasteiger partial charge in [0.1, 0.15) is 5.01 Å². The van der Waals surface area contributed by atoms with Crippen molar-refractivity contribution in [2.45, 2.75) is 76.8 Å². The van der Waals surface area contributed by atoms with E-state index in [-0.39, 0.29) is 5.54 Å². The van der Waals surface area contributed by atoms with Crippen LogP contribution in [0.1, 0.15) is 68.0 Å². The normalized spacial score (nSPS) is 37.1. The predicted molar refractivity (Wildman–Crippen MR) is 84.2 cm³/mol. The summed E-state index contributed by atoms with van der Waals surface area (Å²) in [5.41, 5.74) is 1.63. The Morgan fingerprint density at radius 3 is 2.70 bits per heavy atom. The molecule has 1 N–H and O–H groups in total. The van der Waals surface area contributed by atoms with Gasteiger partial charge in [-0.3, -0.25) is 0 Å². The molecular formula is C17H26N2S. The Hall–Kier alpha value is -0.410. The zero-order chi connectivity index (χ0) is 13.7. The smallest absolute Gasteiger partial charge is 0.113 e. The van der Waals surface area contributed by atoms with Crippen LogP contribution < -0.4 is 5.32 Å². The summed E-state index contributed by atoms with van der Waals surface area (Å²) in [6.07, 6.45) is 10.5. The van der Waals surface area contributed by atoms with Gasteiger partial charge in [0, 0.05) is 10.9 Å². The van der Waals surface area contributed by atoms with Crippen molar-refractivity contribution < 1.29 is 0 Å². The molecule has 2 saturated carbocycles.